The third-order valence-electron chi connectivity index (χ3n) is 3.16. The minimum Gasteiger partial charge on any atom is -0.383 e. The van der Waals surface area contributed by atoms with Crippen LogP contribution in [0.2, 0.25) is 0 Å². The van der Waals surface area contributed by atoms with Crippen LogP contribution in [0.4, 0.5) is 8.78 Å². The van der Waals surface area contributed by atoms with E-state index in [0.717, 1.165) is 18.7 Å². The third kappa shape index (κ3) is 3.01. The van der Waals surface area contributed by atoms with Crippen LogP contribution in [0.1, 0.15) is 12.5 Å². The van der Waals surface area contributed by atoms with Gasteiger partial charge in [0.15, 0.2) is 5.96 Å². The molecule has 19 heavy (non-hydrogen) atoms. The molecule has 2 rings (SSSR count). The lowest BCUT2D eigenvalue weighted by Gasteiger charge is -2.26. The van der Waals surface area contributed by atoms with Crippen LogP contribution in [0.3, 0.4) is 0 Å². The summed E-state index contributed by atoms with van der Waals surface area (Å²) in [5.74, 6) is -0.749. The van der Waals surface area contributed by atoms with Gasteiger partial charge < -0.3 is 15.3 Å². The summed E-state index contributed by atoms with van der Waals surface area (Å²) in [6.07, 6.45) is 0. The highest BCUT2D eigenvalue weighted by Gasteiger charge is 2.28. The van der Waals surface area contributed by atoms with Gasteiger partial charge in [0.25, 0.3) is 0 Å². The van der Waals surface area contributed by atoms with Gasteiger partial charge in [0.2, 0.25) is 0 Å². The molecule has 1 unspecified atom stereocenters. The molecule has 104 valence electrons. The van der Waals surface area contributed by atoms with Gasteiger partial charge in [-0.2, -0.15) is 0 Å². The molecule has 0 saturated carbocycles. The van der Waals surface area contributed by atoms with E-state index in [4.69, 9.17) is 0 Å². The SMILES string of the molecule is CN1CCN=C1NCC(C)(O)c1ccc(F)cc1F. The molecule has 0 amide bonds. The van der Waals surface area contributed by atoms with Crippen molar-refractivity contribution in [1.29, 1.82) is 0 Å². The molecule has 0 radical (unpaired) electrons. The van der Waals surface area contributed by atoms with Gasteiger partial charge in [-0.25, -0.2) is 8.78 Å². The third-order valence-corrected chi connectivity index (χ3v) is 3.16. The van der Waals surface area contributed by atoms with Crippen LogP contribution < -0.4 is 5.32 Å². The molecule has 6 heteroatoms. The van der Waals surface area contributed by atoms with Crippen molar-refractivity contribution >= 4 is 5.96 Å². The van der Waals surface area contributed by atoms with E-state index in [9.17, 15) is 13.9 Å². The van der Waals surface area contributed by atoms with E-state index < -0.39 is 17.2 Å². The number of likely N-dealkylation sites (N-methyl/N-ethyl adjacent to an activating group) is 1. The van der Waals surface area contributed by atoms with Crippen molar-refractivity contribution in [2.75, 3.05) is 26.7 Å². The second-order valence-electron chi connectivity index (χ2n) is 4.88. The van der Waals surface area contributed by atoms with Gasteiger partial charge in [-0.05, 0) is 13.0 Å². The number of guanidine groups is 1. The molecule has 0 fully saturated rings. The summed E-state index contributed by atoms with van der Waals surface area (Å²) in [6, 6.07) is 3.15. The summed E-state index contributed by atoms with van der Waals surface area (Å²) in [4.78, 5) is 6.13. The monoisotopic (exact) mass is 269 g/mol. The maximum absolute atomic E-state index is 13.7. The second kappa shape index (κ2) is 5.13. The van der Waals surface area contributed by atoms with Gasteiger partial charge in [0, 0.05) is 25.2 Å². The van der Waals surface area contributed by atoms with E-state index in [-0.39, 0.29) is 12.1 Å². The molecular weight excluding hydrogens is 252 g/mol. The van der Waals surface area contributed by atoms with E-state index in [0.29, 0.717) is 12.5 Å². The lowest BCUT2D eigenvalue weighted by molar-refractivity contribution is 0.0574. The zero-order valence-corrected chi connectivity index (χ0v) is 11.0. The van der Waals surface area contributed by atoms with Gasteiger partial charge >= 0.3 is 0 Å². The van der Waals surface area contributed by atoms with E-state index in [1.807, 2.05) is 11.9 Å². The van der Waals surface area contributed by atoms with Crippen LogP contribution in [-0.2, 0) is 5.60 Å². The molecule has 0 bridgehead atoms. The number of hydrogen-bond donors (Lipinski definition) is 2. The van der Waals surface area contributed by atoms with Crippen molar-refractivity contribution in [3.05, 3.63) is 35.4 Å². The molecule has 4 nitrogen and oxygen atoms in total. The Bertz CT molecular complexity index is 503. The van der Waals surface area contributed by atoms with Crippen molar-refractivity contribution in [3.8, 4) is 0 Å². The highest BCUT2D eigenvalue weighted by Crippen LogP contribution is 2.23. The molecule has 1 atom stereocenters. The Morgan fingerprint density at radius 3 is 2.79 bits per heavy atom. The van der Waals surface area contributed by atoms with Gasteiger partial charge in [0.1, 0.15) is 17.2 Å². The molecule has 0 saturated heterocycles. The summed E-state index contributed by atoms with van der Waals surface area (Å²) in [6.45, 7) is 3.09. The van der Waals surface area contributed by atoms with E-state index in [1.165, 1.54) is 13.0 Å². The van der Waals surface area contributed by atoms with Crippen LogP contribution in [-0.4, -0.2) is 42.6 Å². The molecule has 2 N–H and O–H groups in total. The number of rotatable bonds is 3. The normalized spacial score (nSPS) is 18.2. The standard InChI is InChI=1S/C13H17F2N3O/c1-13(19,8-17-12-16-5-6-18(12)2)10-4-3-9(14)7-11(10)15/h3-4,7,19H,5-6,8H2,1-2H3,(H,16,17). The Morgan fingerprint density at radius 1 is 1.47 bits per heavy atom. The number of benzene rings is 1. The second-order valence-corrected chi connectivity index (χ2v) is 4.88. The van der Waals surface area contributed by atoms with Crippen LogP contribution in [0.25, 0.3) is 0 Å². The number of nitrogens with zero attached hydrogens (tertiary/aromatic N) is 2. The first-order valence-electron chi connectivity index (χ1n) is 6.07. The Hall–Kier alpha value is -1.69. The van der Waals surface area contributed by atoms with Crippen molar-refractivity contribution in [1.82, 2.24) is 10.2 Å². The lowest BCUT2D eigenvalue weighted by atomic mass is 9.95. The average molecular weight is 269 g/mol. The number of halogens is 2. The van der Waals surface area contributed by atoms with Gasteiger partial charge in [-0.3, -0.25) is 4.99 Å². The van der Waals surface area contributed by atoms with E-state index in [1.54, 1.807) is 0 Å². The fourth-order valence-electron chi connectivity index (χ4n) is 2.00. The van der Waals surface area contributed by atoms with Crippen molar-refractivity contribution < 1.29 is 13.9 Å². The number of aliphatic imine (C=N–C) groups is 1. The predicted molar refractivity (Wildman–Crippen MR) is 68.9 cm³/mol. The summed E-state index contributed by atoms with van der Waals surface area (Å²) in [5, 5.41) is 13.3. The first kappa shape index (κ1) is 13.7. The lowest BCUT2D eigenvalue weighted by Crippen LogP contribution is -2.43. The van der Waals surface area contributed by atoms with Gasteiger partial charge in [0.05, 0.1) is 13.1 Å². The molecule has 0 spiro atoms. The van der Waals surface area contributed by atoms with Crippen molar-refractivity contribution in [2.45, 2.75) is 12.5 Å². The Morgan fingerprint density at radius 2 is 2.21 bits per heavy atom. The maximum atomic E-state index is 13.7. The number of hydrogen-bond acceptors (Lipinski definition) is 4. The Labute approximate surface area is 110 Å². The molecule has 1 aromatic rings. The molecular formula is C13H17F2N3O. The summed E-state index contributed by atoms with van der Waals surface area (Å²) >= 11 is 0. The highest BCUT2D eigenvalue weighted by molar-refractivity contribution is 5.81. The summed E-state index contributed by atoms with van der Waals surface area (Å²) in [7, 11) is 1.88. The van der Waals surface area contributed by atoms with Crippen molar-refractivity contribution in [2.24, 2.45) is 4.99 Å². The quantitative estimate of drug-likeness (QED) is 0.862. The topological polar surface area (TPSA) is 47.9 Å². The predicted octanol–water partition coefficient (Wildman–Crippen LogP) is 1.06. The smallest absolute Gasteiger partial charge is 0.193 e. The first-order valence-corrected chi connectivity index (χ1v) is 6.07. The average Bonchev–Trinajstić information content (AvgIpc) is 2.72. The zero-order chi connectivity index (χ0) is 14.0. The summed E-state index contributed by atoms with van der Waals surface area (Å²) < 4.78 is 26.5. The minimum atomic E-state index is -1.44. The fraction of sp³-hybridized carbons (Fsp3) is 0.462. The zero-order valence-electron chi connectivity index (χ0n) is 11.0. The van der Waals surface area contributed by atoms with Crippen LogP contribution in [0, 0.1) is 11.6 Å². The number of nitrogens with one attached hydrogen (secondary N) is 1. The maximum Gasteiger partial charge on any atom is 0.193 e. The van der Waals surface area contributed by atoms with E-state index in [2.05, 4.69) is 10.3 Å². The largest absolute Gasteiger partial charge is 0.383 e. The van der Waals surface area contributed by atoms with Gasteiger partial charge in [-0.15, -0.1) is 0 Å². The fourth-order valence-corrected chi connectivity index (χ4v) is 2.00. The Balaban J connectivity index is 2.09. The summed E-state index contributed by atoms with van der Waals surface area (Å²) in [5.41, 5.74) is -1.38. The molecule has 1 heterocycles. The van der Waals surface area contributed by atoms with E-state index >= 15 is 0 Å². The molecule has 0 aliphatic carbocycles. The van der Waals surface area contributed by atoms with Gasteiger partial charge in [-0.1, -0.05) is 6.07 Å². The van der Waals surface area contributed by atoms with Crippen LogP contribution in [0.5, 0.6) is 0 Å². The molecule has 0 aromatic heterocycles. The Kier molecular flexibility index (Phi) is 3.71. The molecule has 1 aliphatic heterocycles. The van der Waals surface area contributed by atoms with Crippen LogP contribution in [0.15, 0.2) is 23.2 Å². The first-order chi connectivity index (χ1) is 8.90. The molecule has 1 aromatic carbocycles. The highest BCUT2D eigenvalue weighted by atomic mass is 19.1. The van der Waals surface area contributed by atoms with Crippen LogP contribution >= 0.6 is 0 Å². The minimum absolute atomic E-state index is 0.0580. The van der Waals surface area contributed by atoms with Crippen molar-refractivity contribution in [3.63, 3.8) is 0 Å². The molecule has 1 aliphatic rings. The number of aliphatic hydroxyl groups is 1.